The van der Waals surface area contributed by atoms with Crippen LogP contribution < -0.4 is 9.64 Å². The summed E-state index contributed by atoms with van der Waals surface area (Å²) in [4.78, 5) is 16.3. The van der Waals surface area contributed by atoms with Gasteiger partial charge in [-0.3, -0.25) is 4.79 Å². The molecule has 1 saturated heterocycles. The van der Waals surface area contributed by atoms with E-state index in [9.17, 15) is 9.18 Å². The van der Waals surface area contributed by atoms with E-state index < -0.39 is 5.82 Å². The maximum Gasteiger partial charge on any atom is 0.260 e. The van der Waals surface area contributed by atoms with E-state index in [0.29, 0.717) is 25.3 Å². The van der Waals surface area contributed by atoms with Gasteiger partial charge in [-0.25, -0.2) is 4.39 Å². The van der Waals surface area contributed by atoms with Gasteiger partial charge in [0.1, 0.15) is 12.1 Å². The highest BCUT2D eigenvalue weighted by atomic mass is 19.1. The van der Waals surface area contributed by atoms with Crippen LogP contribution in [0.25, 0.3) is 5.65 Å². The molecule has 1 aromatic carbocycles. The molecule has 1 aliphatic rings. The molecule has 2 aromatic heterocycles. The summed E-state index contributed by atoms with van der Waals surface area (Å²) < 4.78 is 20.6. The normalized spacial score (nSPS) is 15.0. The zero-order chi connectivity index (χ0) is 18.6. The molecule has 27 heavy (non-hydrogen) atoms. The summed E-state index contributed by atoms with van der Waals surface area (Å²) >= 11 is 0. The van der Waals surface area contributed by atoms with Gasteiger partial charge in [0.2, 0.25) is 0 Å². The van der Waals surface area contributed by atoms with Crippen LogP contribution in [-0.4, -0.2) is 63.4 Å². The molecular weight excluding hydrogens is 351 g/mol. The van der Waals surface area contributed by atoms with Crippen LogP contribution in [0.2, 0.25) is 0 Å². The van der Waals surface area contributed by atoms with Gasteiger partial charge in [-0.1, -0.05) is 12.1 Å². The number of carbonyl (C=O) groups excluding carboxylic acids is 1. The summed E-state index contributed by atoms with van der Waals surface area (Å²) in [5.41, 5.74) is 0.690. The average Bonchev–Trinajstić information content (AvgIpc) is 3.01. The average molecular weight is 370 g/mol. The maximum absolute atomic E-state index is 13.6. The Morgan fingerprint density at radius 1 is 1.11 bits per heavy atom. The number of benzene rings is 1. The molecule has 1 fully saturated rings. The standard InChI is InChI=1S/C18H19FN6O2/c19-14-4-1-2-5-15(14)27-12-18(26)24-9-3-8-23(10-11-24)17-7-6-16-21-20-13-25(16)22-17/h1-2,4-7,13H,3,8-12H2. The zero-order valence-corrected chi connectivity index (χ0v) is 14.7. The second kappa shape index (κ2) is 7.56. The Labute approximate surface area is 155 Å². The van der Waals surface area contributed by atoms with Crippen molar-refractivity contribution in [1.29, 1.82) is 0 Å². The van der Waals surface area contributed by atoms with Crippen LogP contribution in [0.3, 0.4) is 0 Å². The van der Waals surface area contributed by atoms with Gasteiger partial charge in [0.25, 0.3) is 5.91 Å². The molecule has 3 heterocycles. The molecular formula is C18H19FN6O2. The van der Waals surface area contributed by atoms with Crippen LogP contribution in [0.5, 0.6) is 5.75 Å². The molecule has 0 atom stereocenters. The SMILES string of the molecule is O=C(COc1ccccc1F)N1CCCN(c2ccc3nncn3n2)CC1. The summed E-state index contributed by atoms with van der Waals surface area (Å²) in [6, 6.07) is 9.85. The smallest absolute Gasteiger partial charge is 0.260 e. The van der Waals surface area contributed by atoms with Gasteiger partial charge >= 0.3 is 0 Å². The Morgan fingerprint density at radius 2 is 2.00 bits per heavy atom. The van der Waals surface area contributed by atoms with Crippen molar-refractivity contribution >= 4 is 17.4 Å². The molecule has 0 bridgehead atoms. The largest absolute Gasteiger partial charge is 0.481 e. The minimum atomic E-state index is -0.470. The number of amides is 1. The van der Waals surface area contributed by atoms with Gasteiger partial charge < -0.3 is 14.5 Å². The maximum atomic E-state index is 13.6. The Bertz CT molecular complexity index is 946. The summed E-state index contributed by atoms with van der Waals surface area (Å²) in [6.07, 6.45) is 2.37. The number of aromatic nitrogens is 4. The minimum Gasteiger partial charge on any atom is -0.481 e. The van der Waals surface area contributed by atoms with Crippen LogP contribution in [0.4, 0.5) is 10.2 Å². The third-order valence-corrected chi connectivity index (χ3v) is 4.51. The summed E-state index contributed by atoms with van der Waals surface area (Å²) in [7, 11) is 0. The first-order valence-corrected chi connectivity index (χ1v) is 8.78. The lowest BCUT2D eigenvalue weighted by Gasteiger charge is -2.22. The van der Waals surface area contributed by atoms with Crippen LogP contribution in [-0.2, 0) is 4.79 Å². The van der Waals surface area contributed by atoms with Crippen molar-refractivity contribution in [2.24, 2.45) is 0 Å². The van der Waals surface area contributed by atoms with E-state index in [2.05, 4.69) is 20.2 Å². The molecule has 0 N–H and O–H groups in total. The van der Waals surface area contributed by atoms with Crippen LogP contribution in [0.1, 0.15) is 6.42 Å². The fourth-order valence-electron chi connectivity index (χ4n) is 3.08. The lowest BCUT2D eigenvalue weighted by Crippen LogP contribution is -2.38. The van der Waals surface area contributed by atoms with Crippen molar-refractivity contribution in [2.45, 2.75) is 6.42 Å². The minimum absolute atomic E-state index is 0.0914. The highest BCUT2D eigenvalue weighted by Gasteiger charge is 2.21. The van der Waals surface area contributed by atoms with Crippen LogP contribution >= 0.6 is 0 Å². The van der Waals surface area contributed by atoms with Gasteiger partial charge in [0.05, 0.1) is 0 Å². The van der Waals surface area contributed by atoms with E-state index >= 15 is 0 Å². The fourth-order valence-corrected chi connectivity index (χ4v) is 3.08. The van der Waals surface area contributed by atoms with Crippen molar-refractivity contribution in [1.82, 2.24) is 24.7 Å². The quantitative estimate of drug-likeness (QED) is 0.691. The number of para-hydroxylation sites is 1. The van der Waals surface area contributed by atoms with Crippen molar-refractivity contribution < 1.29 is 13.9 Å². The Kier molecular flexibility index (Phi) is 4.82. The molecule has 0 unspecified atom stereocenters. The van der Waals surface area contributed by atoms with Crippen LogP contribution in [0, 0.1) is 5.82 Å². The van der Waals surface area contributed by atoms with E-state index in [0.717, 1.165) is 18.8 Å². The Hall–Kier alpha value is -3.23. The lowest BCUT2D eigenvalue weighted by molar-refractivity contribution is -0.133. The predicted molar refractivity (Wildman–Crippen MR) is 96.1 cm³/mol. The van der Waals surface area contributed by atoms with Gasteiger partial charge in [-0.05, 0) is 30.7 Å². The molecule has 4 rings (SSSR count). The van der Waals surface area contributed by atoms with Gasteiger partial charge in [-0.15, -0.1) is 15.3 Å². The number of rotatable bonds is 4. The summed E-state index contributed by atoms with van der Waals surface area (Å²) in [5.74, 6) is 0.290. The number of hydrogen-bond acceptors (Lipinski definition) is 6. The molecule has 0 spiro atoms. The molecule has 1 amide bonds. The summed E-state index contributed by atoms with van der Waals surface area (Å²) in [5, 5.41) is 12.3. The first-order valence-electron chi connectivity index (χ1n) is 8.78. The fraction of sp³-hybridized carbons (Fsp3) is 0.333. The molecule has 1 aliphatic heterocycles. The number of carbonyl (C=O) groups is 1. The van der Waals surface area contributed by atoms with Crippen molar-refractivity contribution in [3.05, 3.63) is 48.5 Å². The van der Waals surface area contributed by atoms with E-state index in [4.69, 9.17) is 4.74 Å². The van der Waals surface area contributed by atoms with Crippen molar-refractivity contribution in [3.63, 3.8) is 0 Å². The molecule has 0 aliphatic carbocycles. The molecule has 0 saturated carbocycles. The van der Waals surface area contributed by atoms with Gasteiger partial charge in [0, 0.05) is 26.2 Å². The number of anilines is 1. The molecule has 0 radical (unpaired) electrons. The number of fused-ring (bicyclic) bond motifs is 1. The third-order valence-electron chi connectivity index (χ3n) is 4.51. The second-order valence-electron chi connectivity index (χ2n) is 6.27. The molecule has 9 heteroatoms. The Balaban J connectivity index is 1.36. The second-order valence-corrected chi connectivity index (χ2v) is 6.27. The highest BCUT2D eigenvalue weighted by molar-refractivity contribution is 5.78. The number of nitrogens with zero attached hydrogens (tertiary/aromatic N) is 6. The van der Waals surface area contributed by atoms with Gasteiger partial charge in [0.15, 0.2) is 23.8 Å². The number of halogens is 1. The highest BCUT2D eigenvalue weighted by Crippen LogP contribution is 2.17. The van der Waals surface area contributed by atoms with Crippen molar-refractivity contribution in [3.8, 4) is 5.75 Å². The number of hydrogen-bond donors (Lipinski definition) is 0. The molecule has 140 valence electrons. The summed E-state index contributed by atoms with van der Waals surface area (Å²) in [6.45, 7) is 2.46. The van der Waals surface area contributed by atoms with Crippen LogP contribution in [0.15, 0.2) is 42.7 Å². The lowest BCUT2D eigenvalue weighted by atomic mass is 10.3. The van der Waals surface area contributed by atoms with Crippen molar-refractivity contribution in [2.75, 3.05) is 37.7 Å². The van der Waals surface area contributed by atoms with E-state index in [-0.39, 0.29) is 18.3 Å². The van der Waals surface area contributed by atoms with E-state index in [1.807, 2.05) is 12.1 Å². The predicted octanol–water partition coefficient (Wildman–Crippen LogP) is 1.38. The monoisotopic (exact) mass is 370 g/mol. The first kappa shape index (κ1) is 17.2. The van der Waals surface area contributed by atoms with E-state index in [1.54, 1.807) is 27.9 Å². The zero-order valence-electron chi connectivity index (χ0n) is 14.7. The molecule has 3 aromatic rings. The number of ether oxygens (including phenoxy) is 1. The van der Waals surface area contributed by atoms with Gasteiger partial charge in [-0.2, -0.15) is 4.52 Å². The molecule has 8 nitrogen and oxygen atoms in total. The Morgan fingerprint density at radius 3 is 2.89 bits per heavy atom. The third kappa shape index (κ3) is 3.81. The first-order chi connectivity index (χ1) is 13.2. The topological polar surface area (TPSA) is 75.9 Å². The van der Waals surface area contributed by atoms with E-state index in [1.165, 1.54) is 12.1 Å².